The molecular weight excluding hydrogens is 284 g/mol. The summed E-state index contributed by atoms with van der Waals surface area (Å²) in [6.45, 7) is 6.75. The summed E-state index contributed by atoms with van der Waals surface area (Å²) in [6.07, 6.45) is 7.10. The first-order valence-electron chi connectivity index (χ1n) is 9.29. The predicted molar refractivity (Wildman–Crippen MR) is 95.6 cm³/mol. The molecule has 3 heteroatoms. The van der Waals surface area contributed by atoms with Crippen LogP contribution in [-0.2, 0) is 4.79 Å². The monoisotopic (exact) mass is 314 g/mol. The van der Waals surface area contributed by atoms with Gasteiger partial charge in [-0.15, -0.1) is 0 Å². The SMILES string of the molecule is CC1CCN(c2ccc([C@H](C)NC(=O)C3CCCC3)cc2)CC1. The number of piperidine rings is 1. The molecule has 1 aliphatic heterocycles. The van der Waals surface area contributed by atoms with Gasteiger partial charge >= 0.3 is 0 Å². The van der Waals surface area contributed by atoms with E-state index in [2.05, 4.69) is 48.3 Å². The van der Waals surface area contributed by atoms with Gasteiger partial charge < -0.3 is 10.2 Å². The molecule has 2 fully saturated rings. The van der Waals surface area contributed by atoms with E-state index < -0.39 is 0 Å². The lowest BCUT2D eigenvalue weighted by Gasteiger charge is -2.32. The first-order valence-corrected chi connectivity index (χ1v) is 9.29. The minimum atomic E-state index is 0.0959. The number of carbonyl (C=O) groups is 1. The molecule has 1 aromatic carbocycles. The Bertz CT molecular complexity index is 511. The van der Waals surface area contributed by atoms with Crippen LogP contribution in [0, 0.1) is 11.8 Å². The highest BCUT2D eigenvalue weighted by Gasteiger charge is 2.24. The van der Waals surface area contributed by atoms with E-state index in [0.29, 0.717) is 0 Å². The summed E-state index contributed by atoms with van der Waals surface area (Å²) in [5, 5.41) is 3.19. The molecule has 0 radical (unpaired) electrons. The van der Waals surface area contributed by atoms with Gasteiger partial charge in [-0.2, -0.15) is 0 Å². The molecule has 1 atom stereocenters. The van der Waals surface area contributed by atoms with Crippen molar-refractivity contribution in [3.05, 3.63) is 29.8 Å². The van der Waals surface area contributed by atoms with Gasteiger partial charge in [0.2, 0.25) is 5.91 Å². The van der Waals surface area contributed by atoms with E-state index in [0.717, 1.165) is 31.8 Å². The summed E-state index contributed by atoms with van der Waals surface area (Å²) in [5.41, 5.74) is 2.51. The Morgan fingerprint density at radius 2 is 1.70 bits per heavy atom. The standard InChI is InChI=1S/C20H30N2O/c1-15-11-13-22(14-12-15)19-9-7-17(8-10-19)16(2)21-20(23)18-5-3-4-6-18/h7-10,15-16,18H,3-6,11-14H2,1-2H3,(H,21,23)/t16-/m0/s1. The van der Waals surface area contributed by atoms with E-state index in [-0.39, 0.29) is 17.9 Å². The highest BCUT2D eigenvalue weighted by molar-refractivity contribution is 5.79. The fraction of sp³-hybridized carbons (Fsp3) is 0.650. The maximum Gasteiger partial charge on any atom is 0.223 e. The van der Waals surface area contributed by atoms with Crippen molar-refractivity contribution in [1.82, 2.24) is 5.32 Å². The van der Waals surface area contributed by atoms with Crippen LogP contribution >= 0.6 is 0 Å². The molecule has 1 saturated heterocycles. The molecule has 1 N–H and O–H groups in total. The molecule has 0 unspecified atom stereocenters. The molecule has 1 heterocycles. The largest absolute Gasteiger partial charge is 0.372 e. The highest BCUT2D eigenvalue weighted by Crippen LogP contribution is 2.27. The molecule has 3 rings (SSSR count). The third kappa shape index (κ3) is 4.07. The Morgan fingerprint density at radius 3 is 2.30 bits per heavy atom. The molecule has 23 heavy (non-hydrogen) atoms. The fourth-order valence-electron chi connectivity index (χ4n) is 3.84. The number of anilines is 1. The fourth-order valence-corrected chi connectivity index (χ4v) is 3.84. The molecule has 126 valence electrons. The smallest absolute Gasteiger partial charge is 0.223 e. The average Bonchev–Trinajstić information content (AvgIpc) is 3.10. The topological polar surface area (TPSA) is 32.3 Å². The Balaban J connectivity index is 1.56. The van der Waals surface area contributed by atoms with Gasteiger partial charge in [-0.3, -0.25) is 4.79 Å². The molecule has 1 aliphatic carbocycles. The van der Waals surface area contributed by atoms with Crippen LogP contribution in [0.1, 0.15) is 64.0 Å². The van der Waals surface area contributed by atoms with Gasteiger partial charge in [0.25, 0.3) is 0 Å². The quantitative estimate of drug-likeness (QED) is 0.899. The number of carbonyl (C=O) groups excluding carboxylic acids is 1. The molecule has 2 aliphatic rings. The summed E-state index contributed by atoms with van der Waals surface area (Å²) in [7, 11) is 0. The first kappa shape index (κ1) is 16.4. The van der Waals surface area contributed by atoms with Crippen LogP contribution in [0.3, 0.4) is 0 Å². The van der Waals surface area contributed by atoms with Crippen molar-refractivity contribution in [1.29, 1.82) is 0 Å². The lowest BCUT2D eigenvalue weighted by Crippen LogP contribution is -2.33. The molecule has 0 spiro atoms. The highest BCUT2D eigenvalue weighted by atomic mass is 16.1. The first-order chi connectivity index (χ1) is 11.1. The number of hydrogen-bond acceptors (Lipinski definition) is 2. The van der Waals surface area contributed by atoms with Gasteiger partial charge in [0, 0.05) is 24.7 Å². The summed E-state index contributed by atoms with van der Waals surface area (Å²) in [4.78, 5) is 14.7. The van der Waals surface area contributed by atoms with Crippen LogP contribution in [0.5, 0.6) is 0 Å². The normalized spacial score (nSPS) is 21.4. The van der Waals surface area contributed by atoms with E-state index in [4.69, 9.17) is 0 Å². The zero-order valence-electron chi connectivity index (χ0n) is 14.6. The Hall–Kier alpha value is -1.51. The third-order valence-electron chi connectivity index (χ3n) is 5.63. The Labute approximate surface area is 140 Å². The lowest BCUT2D eigenvalue weighted by atomic mass is 9.98. The van der Waals surface area contributed by atoms with Crippen molar-refractivity contribution >= 4 is 11.6 Å². The third-order valence-corrected chi connectivity index (χ3v) is 5.63. The van der Waals surface area contributed by atoms with Crippen molar-refractivity contribution in [3.8, 4) is 0 Å². The average molecular weight is 314 g/mol. The van der Waals surface area contributed by atoms with Crippen LogP contribution in [0.25, 0.3) is 0 Å². The van der Waals surface area contributed by atoms with Gasteiger partial charge in [-0.05, 0) is 56.2 Å². The van der Waals surface area contributed by atoms with Crippen molar-refractivity contribution < 1.29 is 4.79 Å². The molecule has 1 saturated carbocycles. The minimum Gasteiger partial charge on any atom is -0.372 e. The van der Waals surface area contributed by atoms with E-state index >= 15 is 0 Å². The lowest BCUT2D eigenvalue weighted by molar-refractivity contribution is -0.125. The summed E-state index contributed by atoms with van der Waals surface area (Å²) < 4.78 is 0. The molecule has 1 aromatic rings. The van der Waals surface area contributed by atoms with Gasteiger partial charge in [0.05, 0.1) is 6.04 Å². The second kappa shape index (κ2) is 7.37. The molecule has 3 nitrogen and oxygen atoms in total. The number of nitrogens with zero attached hydrogens (tertiary/aromatic N) is 1. The van der Waals surface area contributed by atoms with Crippen LogP contribution < -0.4 is 10.2 Å². The number of rotatable bonds is 4. The molecule has 0 bridgehead atoms. The number of amides is 1. The molecular formula is C20H30N2O. The van der Waals surface area contributed by atoms with Gasteiger partial charge in [0.1, 0.15) is 0 Å². The Kier molecular flexibility index (Phi) is 5.24. The summed E-state index contributed by atoms with van der Waals surface area (Å²) in [6, 6.07) is 8.87. The number of hydrogen-bond donors (Lipinski definition) is 1. The van der Waals surface area contributed by atoms with Crippen LogP contribution in [0.15, 0.2) is 24.3 Å². The zero-order chi connectivity index (χ0) is 16.2. The minimum absolute atomic E-state index is 0.0959. The second-order valence-corrected chi connectivity index (χ2v) is 7.47. The van der Waals surface area contributed by atoms with E-state index in [1.54, 1.807) is 0 Å². The Morgan fingerprint density at radius 1 is 1.09 bits per heavy atom. The van der Waals surface area contributed by atoms with Gasteiger partial charge in [0.15, 0.2) is 0 Å². The van der Waals surface area contributed by atoms with Crippen LogP contribution in [0.2, 0.25) is 0 Å². The second-order valence-electron chi connectivity index (χ2n) is 7.47. The summed E-state index contributed by atoms with van der Waals surface area (Å²) in [5.74, 6) is 1.34. The van der Waals surface area contributed by atoms with Crippen LogP contribution in [-0.4, -0.2) is 19.0 Å². The van der Waals surface area contributed by atoms with Gasteiger partial charge in [-0.25, -0.2) is 0 Å². The van der Waals surface area contributed by atoms with E-state index in [1.165, 1.54) is 36.9 Å². The van der Waals surface area contributed by atoms with E-state index in [1.807, 2.05) is 0 Å². The maximum atomic E-state index is 12.3. The zero-order valence-corrected chi connectivity index (χ0v) is 14.6. The number of benzene rings is 1. The van der Waals surface area contributed by atoms with Crippen LogP contribution in [0.4, 0.5) is 5.69 Å². The molecule has 1 amide bonds. The van der Waals surface area contributed by atoms with E-state index in [9.17, 15) is 4.79 Å². The van der Waals surface area contributed by atoms with Gasteiger partial charge in [-0.1, -0.05) is 31.9 Å². The van der Waals surface area contributed by atoms with Crippen molar-refractivity contribution in [2.45, 2.75) is 58.4 Å². The van der Waals surface area contributed by atoms with Crippen molar-refractivity contribution in [2.24, 2.45) is 11.8 Å². The van der Waals surface area contributed by atoms with Crippen molar-refractivity contribution in [3.63, 3.8) is 0 Å². The molecule has 0 aromatic heterocycles. The summed E-state index contributed by atoms with van der Waals surface area (Å²) >= 11 is 0. The maximum absolute atomic E-state index is 12.3. The predicted octanol–water partition coefficient (Wildman–Crippen LogP) is 4.29. The number of nitrogens with one attached hydrogen (secondary N) is 1. The van der Waals surface area contributed by atoms with Crippen molar-refractivity contribution in [2.75, 3.05) is 18.0 Å².